The molecule has 0 aromatic heterocycles. The summed E-state index contributed by atoms with van der Waals surface area (Å²) < 4.78 is 5.09. The Balaban J connectivity index is 3.81. The lowest BCUT2D eigenvalue weighted by molar-refractivity contribution is -0.155. The Hall–Kier alpha value is -1.10. The second kappa shape index (κ2) is 5.70. The van der Waals surface area contributed by atoms with Crippen molar-refractivity contribution in [3.63, 3.8) is 0 Å². The van der Waals surface area contributed by atoms with Gasteiger partial charge in [-0.1, -0.05) is 0 Å². The van der Waals surface area contributed by atoms with Gasteiger partial charge in [0.15, 0.2) is 0 Å². The van der Waals surface area contributed by atoms with Gasteiger partial charge in [-0.15, -0.1) is 0 Å². The fourth-order valence-electron chi connectivity index (χ4n) is 0.967. The van der Waals surface area contributed by atoms with Gasteiger partial charge in [-0.3, -0.25) is 9.59 Å². The van der Waals surface area contributed by atoms with Crippen molar-refractivity contribution in [3.8, 4) is 0 Å². The number of rotatable bonds is 5. The van der Waals surface area contributed by atoms with Gasteiger partial charge < -0.3 is 15.2 Å². The van der Waals surface area contributed by atoms with Crippen molar-refractivity contribution in [2.75, 3.05) is 6.54 Å². The molecule has 0 heterocycles. The fourth-order valence-corrected chi connectivity index (χ4v) is 0.967. The van der Waals surface area contributed by atoms with Crippen molar-refractivity contribution in [2.24, 2.45) is 0 Å². The second-order valence-corrected chi connectivity index (χ2v) is 4.47. The number of carboxylic acids is 1. The summed E-state index contributed by atoms with van der Waals surface area (Å²) in [5.41, 5.74) is -0.496. The second-order valence-electron chi connectivity index (χ2n) is 4.47. The van der Waals surface area contributed by atoms with Crippen LogP contribution in [0.2, 0.25) is 0 Å². The van der Waals surface area contributed by atoms with Crippen molar-refractivity contribution < 1.29 is 19.4 Å². The van der Waals surface area contributed by atoms with E-state index in [9.17, 15) is 9.59 Å². The number of hydrogen-bond acceptors (Lipinski definition) is 4. The normalized spacial score (nSPS) is 13.3. The Morgan fingerprint density at radius 2 is 1.93 bits per heavy atom. The minimum atomic E-state index is -0.939. The summed E-state index contributed by atoms with van der Waals surface area (Å²) in [6, 6.07) is -0.198. The fraction of sp³-hybridized carbons (Fsp3) is 0.800. The first kappa shape index (κ1) is 13.9. The van der Waals surface area contributed by atoms with Crippen LogP contribution < -0.4 is 5.32 Å². The van der Waals surface area contributed by atoms with Crippen LogP contribution in [0.4, 0.5) is 0 Å². The predicted octanol–water partition coefficient (Wildman–Crippen LogP) is 0.781. The maximum absolute atomic E-state index is 11.3. The van der Waals surface area contributed by atoms with Crippen LogP contribution >= 0.6 is 0 Å². The molecular weight excluding hydrogens is 198 g/mol. The molecule has 2 N–H and O–H groups in total. The van der Waals surface area contributed by atoms with E-state index in [2.05, 4.69) is 5.32 Å². The molecule has 1 atom stereocenters. The van der Waals surface area contributed by atoms with Crippen LogP contribution in [-0.2, 0) is 14.3 Å². The summed E-state index contributed by atoms with van der Waals surface area (Å²) in [4.78, 5) is 21.5. The number of carbonyl (C=O) groups excluding carboxylic acids is 1. The lowest BCUT2D eigenvalue weighted by Gasteiger charge is -2.21. The smallest absolute Gasteiger partial charge is 0.317 e. The highest BCUT2D eigenvalue weighted by molar-refractivity contribution is 5.71. The van der Waals surface area contributed by atoms with Gasteiger partial charge in [0.05, 0.1) is 13.0 Å². The van der Waals surface area contributed by atoms with E-state index in [0.29, 0.717) is 0 Å². The topological polar surface area (TPSA) is 75.6 Å². The maximum Gasteiger partial charge on any atom is 0.317 e. The molecule has 0 spiro atoms. The molecule has 0 aliphatic carbocycles. The third kappa shape index (κ3) is 9.21. The Morgan fingerprint density at radius 3 is 2.33 bits per heavy atom. The predicted molar refractivity (Wildman–Crippen MR) is 55.6 cm³/mol. The van der Waals surface area contributed by atoms with Gasteiger partial charge >= 0.3 is 11.9 Å². The monoisotopic (exact) mass is 217 g/mol. The molecule has 0 saturated carbocycles. The van der Waals surface area contributed by atoms with Gasteiger partial charge in [0, 0.05) is 6.04 Å². The minimum Gasteiger partial charge on any atom is -0.480 e. The number of carboxylic acid groups (broad SMARTS) is 1. The third-order valence-corrected chi connectivity index (χ3v) is 1.49. The largest absolute Gasteiger partial charge is 0.480 e. The maximum atomic E-state index is 11.3. The zero-order valence-electron chi connectivity index (χ0n) is 9.66. The zero-order chi connectivity index (χ0) is 12.1. The highest BCUT2D eigenvalue weighted by Crippen LogP contribution is 2.08. The molecule has 0 aliphatic heterocycles. The van der Waals surface area contributed by atoms with E-state index in [1.807, 2.05) is 0 Å². The summed E-state index contributed by atoms with van der Waals surface area (Å²) in [7, 11) is 0. The number of hydrogen-bond donors (Lipinski definition) is 2. The molecule has 0 aromatic carbocycles. The first-order valence-corrected chi connectivity index (χ1v) is 4.88. The van der Waals surface area contributed by atoms with Gasteiger partial charge in [-0.2, -0.15) is 0 Å². The summed E-state index contributed by atoms with van der Waals surface area (Å²) in [6.07, 6.45) is 0.171. The van der Waals surface area contributed by atoms with E-state index in [4.69, 9.17) is 9.84 Å². The first-order valence-electron chi connectivity index (χ1n) is 4.88. The molecule has 0 rings (SSSR count). The highest BCUT2D eigenvalue weighted by atomic mass is 16.6. The van der Waals surface area contributed by atoms with Crippen molar-refractivity contribution >= 4 is 11.9 Å². The van der Waals surface area contributed by atoms with Gasteiger partial charge in [-0.25, -0.2) is 0 Å². The molecule has 5 heteroatoms. The van der Waals surface area contributed by atoms with Crippen molar-refractivity contribution in [2.45, 2.75) is 45.8 Å². The summed E-state index contributed by atoms with van der Waals surface area (Å²) in [5.74, 6) is -1.26. The zero-order valence-corrected chi connectivity index (χ0v) is 9.66. The van der Waals surface area contributed by atoms with Gasteiger partial charge in [0.2, 0.25) is 0 Å². The van der Waals surface area contributed by atoms with E-state index in [0.717, 1.165) is 0 Å². The summed E-state index contributed by atoms with van der Waals surface area (Å²) in [6.45, 7) is 6.97. The molecule has 5 nitrogen and oxygen atoms in total. The standard InChI is InChI=1S/C10H19NO4/c1-7(11-6-8(12)13)5-9(14)15-10(2,3)4/h7,11H,5-6H2,1-4H3,(H,12,13). The molecule has 0 radical (unpaired) electrons. The number of nitrogens with one attached hydrogen (secondary N) is 1. The van der Waals surface area contributed by atoms with Crippen LogP contribution in [-0.4, -0.2) is 35.2 Å². The van der Waals surface area contributed by atoms with E-state index >= 15 is 0 Å². The molecule has 88 valence electrons. The van der Waals surface area contributed by atoms with E-state index in [1.54, 1.807) is 27.7 Å². The number of esters is 1. The van der Waals surface area contributed by atoms with Crippen LogP contribution in [0.1, 0.15) is 34.1 Å². The van der Waals surface area contributed by atoms with Gasteiger partial charge in [0.1, 0.15) is 5.60 Å². The van der Waals surface area contributed by atoms with Crippen LogP contribution in [0.25, 0.3) is 0 Å². The lowest BCUT2D eigenvalue weighted by atomic mass is 10.2. The molecule has 0 fully saturated rings. The first-order chi connectivity index (χ1) is 6.70. The third-order valence-electron chi connectivity index (χ3n) is 1.49. The van der Waals surface area contributed by atoms with E-state index < -0.39 is 11.6 Å². The number of aliphatic carboxylic acids is 1. The van der Waals surface area contributed by atoms with Crippen LogP contribution in [0.3, 0.4) is 0 Å². The summed E-state index contributed by atoms with van der Waals surface area (Å²) >= 11 is 0. The quantitative estimate of drug-likeness (QED) is 0.665. The van der Waals surface area contributed by atoms with Crippen LogP contribution in [0.15, 0.2) is 0 Å². The average Bonchev–Trinajstić information content (AvgIpc) is 1.96. The number of ether oxygens (including phenoxy) is 1. The van der Waals surface area contributed by atoms with Gasteiger partial charge in [0.25, 0.3) is 0 Å². The Bertz CT molecular complexity index is 232. The molecule has 0 amide bonds. The molecule has 0 bridgehead atoms. The van der Waals surface area contributed by atoms with E-state index in [-0.39, 0.29) is 25.0 Å². The Morgan fingerprint density at radius 1 is 1.40 bits per heavy atom. The molecule has 0 aromatic rings. The average molecular weight is 217 g/mol. The minimum absolute atomic E-state index is 0.149. The Labute approximate surface area is 89.8 Å². The molecule has 15 heavy (non-hydrogen) atoms. The van der Waals surface area contributed by atoms with Crippen LogP contribution in [0.5, 0.6) is 0 Å². The van der Waals surface area contributed by atoms with E-state index in [1.165, 1.54) is 0 Å². The van der Waals surface area contributed by atoms with Crippen molar-refractivity contribution in [3.05, 3.63) is 0 Å². The highest BCUT2D eigenvalue weighted by Gasteiger charge is 2.18. The lowest BCUT2D eigenvalue weighted by Crippen LogP contribution is -2.35. The Kier molecular flexibility index (Phi) is 5.28. The molecular formula is C10H19NO4. The van der Waals surface area contributed by atoms with Crippen molar-refractivity contribution in [1.82, 2.24) is 5.32 Å². The van der Waals surface area contributed by atoms with Crippen molar-refractivity contribution in [1.29, 1.82) is 0 Å². The SMILES string of the molecule is CC(CC(=O)OC(C)(C)C)NCC(=O)O. The van der Waals surface area contributed by atoms with Gasteiger partial charge in [-0.05, 0) is 27.7 Å². The molecule has 0 saturated heterocycles. The van der Waals surface area contributed by atoms with Crippen LogP contribution in [0, 0.1) is 0 Å². The molecule has 1 unspecified atom stereocenters. The summed E-state index contributed by atoms with van der Waals surface area (Å²) in [5, 5.41) is 11.1. The molecule has 0 aliphatic rings. The number of carbonyl (C=O) groups is 2.